The topological polar surface area (TPSA) is 61.1 Å². The van der Waals surface area contributed by atoms with E-state index in [2.05, 4.69) is 17.9 Å². The standard InChI is InChI=1S/C17H12FNO2S/c18-17-11-13(6-8-15(17)9-10-22(20)21)5-7-14-3-1-2-4-16(14)12-19/h1-4,6,8,11H,9-10H2,(H,20,21). The molecule has 2 aromatic carbocycles. The van der Waals surface area contributed by atoms with Crippen LogP contribution in [0, 0.1) is 29.0 Å². The number of aryl methyl sites for hydroxylation is 1. The molecule has 0 aliphatic heterocycles. The molecule has 1 unspecified atom stereocenters. The number of benzene rings is 2. The molecule has 0 fully saturated rings. The Morgan fingerprint density at radius 3 is 2.50 bits per heavy atom. The van der Waals surface area contributed by atoms with E-state index < -0.39 is 16.9 Å². The Hall–Kier alpha value is -2.47. The molecule has 0 spiro atoms. The van der Waals surface area contributed by atoms with Gasteiger partial charge in [0.2, 0.25) is 0 Å². The Labute approximate surface area is 130 Å². The second kappa shape index (κ2) is 7.51. The van der Waals surface area contributed by atoms with Gasteiger partial charge in [0.05, 0.1) is 11.3 Å². The highest BCUT2D eigenvalue weighted by Gasteiger charge is 2.04. The molecule has 3 nitrogen and oxygen atoms in total. The first-order valence-corrected chi connectivity index (χ1v) is 7.75. The Morgan fingerprint density at radius 1 is 1.14 bits per heavy atom. The minimum atomic E-state index is -1.94. The van der Waals surface area contributed by atoms with Crippen LogP contribution in [-0.4, -0.2) is 14.5 Å². The zero-order valence-electron chi connectivity index (χ0n) is 11.5. The molecule has 5 heteroatoms. The van der Waals surface area contributed by atoms with Crippen LogP contribution in [0.1, 0.15) is 22.3 Å². The van der Waals surface area contributed by atoms with Gasteiger partial charge in [0.15, 0.2) is 11.1 Å². The molecule has 1 atom stereocenters. The Bertz CT molecular complexity index is 815. The molecule has 0 aliphatic rings. The van der Waals surface area contributed by atoms with Crippen LogP contribution >= 0.6 is 0 Å². The lowest BCUT2D eigenvalue weighted by Crippen LogP contribution is -2.01. The second-order valence-corrected chi connectivity index (χ2v) is 5.54. The van der Waals surface area contributed by atoms with E-state index >= 15 is 0 Å². The van der Waals surface area contributed by atoms with E-state index in [0.29, 0.717) is 22.3 Å². The summed E-state index contributed by atoms with van der Waals surface area (Å²) in [7, 11) is 0. The molecule has 0 aliphatic carbocycles. The van der Waals surface area contributed by atoms with E-state index in [1.807, 2.05) is 0 Å². The van der Waals surface area contributed by atoms with Gasteiger partial charge in [-0.15, -0.1) is 0 Å². The van der Waals surface area contributed by atoms with Crippen molar-refractivity contribution in [3.63, 3.8) is 0 Å². The highest BCUT2D eigenvalue weighted by atomic mass is 32.2. The van der Waals surface area contributed by atoms with Gasteiger partial charge in [0.25, 0.3) is 0 Å². The van der Waals surface area contributed by atoms with Gasteiger partial charge < -0.3 is 4.55 Å². The summed E-state index contributed by atoms with van der Waals surface area (Å²) in [6.45, 7) is 0. The molecule has 22 heavy (non-hydrogen) atoms. The van der Waals surface area contributed by atoms with Gasteiger partial charge in [-0.05, 0) is 36.2 Å². The maximum atomic E-state index is 13.9. The van der Waals surface area contributed by atoms with Crippen molar-refractivity contribution in [2.45, 2.75) is 6.42 Å². The van der Waals surface area contributed by atoms with Gasteiger partial charge in [0, 0.05) is 11.1 Å². The maximum Gasteiger partial charge on any atom is 0.153 e. The lowest BCUT2D eigenvalue weighted by molar-refractivity contribution is 0.562. The number of nitriles is 1. The summed E-state index contributed by atoms with van der Waals surface area (Å²) in [5.41, 5.74) is 1.92. The fourth-order valence-electron chi connectivity index (χ4n) is 1.85. The van der Waals surface area contributed by atoms with Crippen molar-refractivity contribution in [3.8, 4) is 17.9 Å². The lowest BCUT2D eigenvalue weighted by atomic mass is 10.1. The smallest absolute Gasteiger partial charge is 0.153 e. The van der Waals surface area contributed by atoms with Crippen LogP contribution in [0.15, 0.2) is 42.5 Å². The van der Waals surface area contributed by atoms with Gasteiger partial charge in [-0.1, -0.05) is 30.0 Å². The van der Waals surface area contributed by atoms with Crippen LogP contribution in [0.2, 0.25) is 0 Å². The van der Waals surface area contributed by atoms with E-state index in [9.17, 15) is 8.60 Å². The second-order valence-electron chi connectivity index (χ2n) is 4.49. The quantitative estimate of drug-likeness (QED) is 0.700. The van der Waals surface area contributed by atoms with Crippen LogP contribution in [0.5, 0.6) is 0 Å². The first-order valence-electron chi connectivity index (χ1n) is 6.47. The van der Waals surface area contributed by atoms with E-state index in [-0.39, 0.29) is 12.2 Å². The van der Waals surface area contributed by atoms with E-state index in [0.717, 1.165) is 0 Å². The van der Waals surface area contributed by atoms with Crippen molar-refractivity contribution >= 4 is 11.1 Å². The first kappa shape index (κ1) is 15.9. The zero-order valence-corrected chi connectivity index (χ0v) is 12.4. The molecule has 0 saturated carbocycles. The minimum Gasteiger partial charge on any atom is -0.306 e. The van der Waals surface area contributed by atoms with Crippen molar-refractivity contribution in [1.29, 1.82) is 5.26 Å². The highest BCUT2D eigenvalue weighted by Crippen LogP contribution is 2.12. The lowest BCUT2D eigenvalue weighted by Gasteiger charge is -2.01. The maximum absolute atomic E-state index is 13.9. The molecular weight excluding hydrogens is 301 g/mol. The monoisotopic (exact) mass is 313 g/mol. The van der Waals surface area contributed by atoms with Gasteiger partial charge in [0.1, 0.15) is 11.9 Å². The molecule has 0 bridgehead atoms. The minimum absolute atomic E-state index is 0.00249. The van der Waals surface area contributed by atoms with Gasteiger partial charge in [-0.3, -0.25) is 0 Å². The molecular formula is C17H12FNO2S. The largest absolute Gasteiger partial charge is 0.306 e. The molecule has 2 aromatic rings. The summed E-state index contributed by atoms with van der Waals surface area (Å²) in [4.78, 5) is 0. The third-order valence-corrected chi connectivity index (χ3v) is 3.54. The Balaban J connectivity index is 2.22. The Kier molecular flexibility index (Phi) is 5.43. The van der Waals surface area contributed by atoms with Gasteiger partial charge in [-0.2, -0.15) is 5.26 Å². The van der Waals surface area contributed by atoms with E-state index in [4.69, 9.17) is 9.81 Å². The van der Waals surface area contributed by atoms with Crippen LogP contribution < -0.4 is 0 Å². The van der Waals surface area contributed by atoms with Crippen molar-refractivity contribution in [2.75, 3.05) is 5.75 Å². The van der Waals surface area contributed by atoms with Crippen LogP contribution in [0.3, 0.4) is 0 Å². The van der Waals surface area contributed by atoms with Crippen molar-refractivity contribution in [3.05, 3.63) is 70.5 Å². The summed E-state index contributed by atoms with van der Waals surface area (Å²) < 4.78 is 33.2. The average Bonchev–Trinajstić information content (AvgIpc) is 2.52. The molecule has 0 saturated heterocycles. The summed E-state index contributed by atoms with van der Waals surface area (Å²) >= 11 is -1.94. The molecule has 0 aromatic heterocycles. The molecule has 0 heterocycles. The number of rotatable bonds is 3. The predicted octanol–water partition coefficient (Wildman–Crippen LogP) is 2.86. The van der Waals surface area contributed by atoms with Crippen molar-refractivity contribution in [2.24, 2.45) is 0 Å². The molecule has 0 radical (unpaired) electrons. The Morgan fingerprint density at radius 2 is 1.86 bits per heavy atom. The number of hydrogen-bond donors (Lipinski definition) is 1. The van der Waals surface area contributed by atoms with E-state index in [1.165, 1.54) is 6.07 Å². The van der Waals surface area contributed by atoms with Crippen molar-refractivity contribution < 1.29 is 13.2 Å². The predicted molar refractivity (Wildman–Crippen MR) is 82.9 cm³/mol. The summed E-state index contributed by atoms with van der Waals surface area (Å²) in [6, 6.07) is 13.5. The number of halogens is 1. The third-order valence-electron chi connectivity index (χ3n) is 2.99. The van der Waals surface area contributed by atoms with E-state index in [1.54, 1.807) is 36.4 Å². The van der Waals surface area contributed by atoms with Gasteiger partial charge >= 0.3 is 0 Å². The summed E-state index contributed by atoms with van der Waals surface area (Å²) in [5.74, 6) is 5.21. The van der Waals surface area contributed by atoms with Crippen LogP contribution in [0.4, 0.5) is 4.39 Å². The zero-order chi connectivity index (χ0) is 15.9. The molecule has 0 amide bonds. The first-order chi connectivity index (χ1) is 10.6. The van der Waals surface area contributed by atoms with Crippen LogP contribution in [0.25, 0.3) is 0 Å². The number of hydrogen-bond acceptors (Lipinski definition) is 2. The third kappa shape index (κ3) is 4.26. The normalized spacial score (nSPS) is 11.1. The highest BCUT2D eigenvalue weighted by molar-refractivity contribution is 7.79. The number of nitrogens with zero attached hydrogens (tertiary/aromatic N) is 1. The summed E-state index contributed by atoms with van der Waals surface area (Å²) in [6.07, 6.45) is 0.194. The SMILES string of the molecule is N#Cc1ccccc1C#Cc1ccc(CCS(=O)O)c(F)c1. The van der Waals surface area contributed by atoms with Gasteiger partial charge in [-0.25, -0.2) is 8.60 Å². The molecule has 1 N–H and O–H groups in total. The molecule has 110 valence electrons. The van der Waals surface area contributed by atoms with Crippen molar-refractivity contribution in [1.82, 2.24) is 0 Å². The summed E-state index contributed by atoms with van der Waals surface area (Å²) in [5, 5.41) is 8.98. The fraction of sp³-hybridized carbons (Fsp3) is 0.118. The average molecular weight is 313 g/mol. The molecule has 2 rings (SSSR count). The fourth-order valence-corrected chi connectivity index (χ4v) is 2.25. The van der Waals surface area contributed by atoms with Crippen LogP contribution in [-0.2, 0) is 17.5 Å².